The number of nitriles is 1. The summed E-state index contributed by atoms with van der Waals surface area (Å²) in [5.41, 5.74) is 1.60. The summed E-state index contributed by atoms with van der Waals surface area (Å²) in [6.45, 7) is 4.11. The van der Waals surface area contributed by atoms with Crippen molar-refractivity contribution in [2.75, 3.05) is 0 Å². The first kappa shape index (κ1) is 13.6. The van der Waals surface area contributed by atoms with Gasteiger partial charge in [-0.2, -0.15) is 5.26 Å². The van der Waals surface area contributed by atoms with Crippen LogP contribution >= 0.6 is 15.9 Å². The molecule has 0 aromatic heterocycles. The largest absolute Gasteiger partial charge is 0.456 e. The quantitative estimate of drug-likeness (QED) is 0.748. The van der Waals surface area contributed by atoms with Crippen LogP contribution in [0.15, 0.2) is 48.5 Å². The van der Waals surface area contributed by atoms with Crippen LogP contribution in [0.4, 0.5) is 0 Å². The molecular formula is C16H14BrNO. The topological polar surface area (TPSA) is 33.0 Å². The molecule has 0 spiro atoms. The summed E-state index contributed by atoms with van der Waals surface area (Å²) in [4.78, 5) is 0. The third-order valence-corrected chi connectivity index (χ3v) is 3.22. The summed E-state index contributed by atoms with van der Waals surface area (Å²) in [7, 11) is 0. The first-order valence-corrected chi connectivity index (χ1v) is 6.76. The van der Waals surface area contributed by atoms with Crippen LogP contribution < -0.4 is 4.74 Å². The van der Waals surface area contributed by atoms with Gasteiger partial charge in [0.1, 0.15) is 17.6 Å². The number of halogens is 1. The molecule has 0 saturated carbocycles. The minimum atomic E-state index is -0.157. The average Bonchev–Trinajstić information content (AvgIpc) is 2.39. The van der Waals surface area contributed by atoms with Crippen LogP contribution in [-0.2, 0) is 4.32 Å². The molecule has 0 unspecified atom stereocenters. The smallest absolute Gasteiger partial charge is 0.145 e. The maximum absolute atomic E-state index is 9.15. The summed E-state index contributed by atoms with van der Waals surface area (Å²) in [6, 6.07) is 17.2. The Balaban J connectivity index is 2.41. The highest BCUT2D eigenvalue weighted by Gasteiger charge is 2.18. The summed E-state index contributed by atoms with van der Waals surface area (Å²) < 4.78 is 5.64. The zero-order valence-corrected chi connectivity index (χ0v) is 12.4. The van der Waals surface area contributed by atoms with Crippen molar-refractivity contribution in [3.8, 4) is 17.6 Å². The Hall–Kier alpha value is -1.79. The number of hydrogen-bond acceptors (Lipinski definition) is 2. The molecule has 2 aromatic rings. The standard InChI is InChI=1S/C16H14BrNO/c1-16(2,17)13-9-8-12(11-18)15(10-13)19-14-6-4-3-5-7-14/h3-10H,1-2H3. The number of para-hydroxylation sites is 1. The van der Waals surface area contributed by atoms with Crippen molar-refractivity contribution < 1.29 is 4.74 Å². The molecule has 0 aliphatic heterocycles. The Labute approximate surface area is 121 Å². The Morgan fingerprint density at radius 1 is 1.11 bits per heavy atom. The number of ether oxygens (including phenoxy) is 1. The van der Waals surface area contributed by atoms with E-state index in [0.717, 1.165) is 11.3 Å². The van der Waals surface area contributed by atoms with Crippen molar-refractivity contribution in [1.29, 1.82) is 5.26 Å². The van der Waals surface area contributed by atoms with Crippen LogP contribution in [0.3, 0.4) is 0 Å². The lowest BCUT2D eigenvalue weighted by Crippen LogP contribution is -2.06. The first-order valence-electron chi connectivity index (χ1n) is 5.97. The second-order valence-corrected chi connectivity index (χ2v) is 6.69. The summed E-state index contributed by atoms with van der Waals surface area (Å²) in [6.07, 6.45) is 0. The second kappa shape index (κ2) is 5.46. The Bertz CT molecular complexity index is 609. The van der Waals surface area contributed by atoms with Crippen LogP contribution in [0.2, 0.25) is 0 Å². The molecule has 0 aliphatic carbocycles. The maximum atomic E-state index is 9.15. The van der Waals surface area contributed by atoms with Crippen molar-refractivity contribution in [3.05, 3.63) is 59.7 Å². The van der Waals surface area contributed by atoms with E-state index in [0.29, 0.717) is 11.3 Å². The van der Waals surface area contributed by atoms with Crippen molar-refractivity contribution >= 4 is 15.9 Å². The van der Waals surface area contributed by atoms with Crippen LogP contribution in [0, 0.1) is 11.3 Å². The van der Waals surface area contributed by atoms with E-state index in [1.807, 2.05) is 42.5 Å². The monoisotopic (exact) mass is 315 g/mol. The summed E-state index contributed by atoms with van der Waals surface area (Å²) >= 11 is 3.61. The van der Waals surface area contributed by atoms with E-state index < -0.39 is 0 Å². The van der Waals surface area contributed by atoms with E-state index in [1.165, 1.54) is 0 Å². The van der Waals surface area contributed by atoms with E-state index in [2.05, 4.69) is 35.8 Å². The van der Waals surface area contributed by atoms with E-state index in [1.54, 1.807) is 6.07 Å². The fraction of sp³-hybridized carbons (Fsp3) is 0.188. The van der Waals surface area contributed by atoms with E-state index in [4.69, 9.17) is 10.00 Å². The van der Waals surface area contributed by atoms with Gasteiger partial charge in [0, 0.05) is 4.32 Å². The van der Waals surface area contributed by atoms with Crippen LogP contribution in [0.25, 0.3) is 0 Å². The Morgan fingerprint density at radius 2 is 1.79 bits per heavy atom. The van der Waals surface area contributed by atoms with Gasteiger partial charge in [-0.05, 0) is 43.7 Å². The zero-order chi connectivity index (χ0) is 13.9. The third-order valence-electron chi connectivity index (χ3n) is 2.76. The van der Waals surface area contributed by atoms with E-state index in [9.17, 15) is 0 Å². The molecule has 0 fully saturated rings. The van der Waals surface area contributed by atoms with Gasteiger partial charge >= 0.3 is 0 Å². The molecule has 2 nitrogen and oxygen atoms in total. The highest BCUT2D eigenvalue weighted by atomic mass is 79.9. The number of benzene rings is 2. The lowest BCUT2D eigenvalue weighted by atomic mass is 10.0. The molecule has 0 bridgehead atoms. The molecule has 0 atom stereocenters. The van der Waals surface area contributed by atoms with Crippen molar-refractivity contribution in [2.45, 2.75) is 18.2 Å². The number of alkyl halides is 1. The number of hydrogen-bond donors (Lipinski definition) is 0. The fourth-order valence-electron chi connectivity index (χ4n) is 1.68. The second-order valence-electron chi connectivity index (χ2n) is 4.71. The molecule has 0 aliphatic rings. The predicted molar refractivity (Wildman–Crippen MR) is 79.6 cm³/mol. The van der Waals surface area contributed by atoms with Crippen LogP contribution in [-0.4, -0.2) is 0 Å². The molecule has 2 aromatic carbocycles. The maximum Gasteiger partial charge on any atom is 0.145 e. The van der Waals surface area contributed by atoms with Gasteiger partial charge in [-0.15, -0.1) is 0 Å². The van der Waals surface area contributed by atoms with Gasteiger partial charge in [-0.1, -0.05) is 40.2 Å². The molecule has 96 valence electrons. The molecule has 0 saturated heterocycles. The van der Waals surface area contributed by atoms with Gasteiger partial charge in [0.25, 0.3) is 0 Å². The number of nitrogens with zero attached hydrogens (tertiary/aromatic N) is 1. The lowest BCUT2D eigenvalue weighted by molar-refractivity contribution is 0.479. The van der Waals surface area contributed by atoms with Gasteiger partial charge in [0.15, 0.2) is 0 Å². The zero-order valence-electron chi connectivity index (χ0n) is 10.9. The third kappa shape index (κ3) is 3.36. The van der Waals surface area contributed by atoms with Crippen molar-refractivity contribution in [2.24, 2.45) is 0 Å². The molecule has 0 heterocycles. The molecule has 19 heavy (non-hydrogen) atoms. The molecule has 3 heteroatoms. The molecule has 0 amide bonds. The normalized spacial score (nSPS) is 10.8. The Morgan fingerprint density at radius 3 is 2.37 bits per heavy atom. The van der Waals surface area contributed by atoms with Gasteiger partial charge in [-0.25, -0.2) is 0 Å². The van der Waals surface area contributed by atoms with Gasteiger partial charge in [0.05, 0.1) is 5.56 Å². The summed E-state index contributed by atoms with van der Waals surface area (Å²) in [5.74, 6) is 1.31. The van der Waals surface area contributed by atoms with Gasteiger partial charge in [0.2, 0.25) is 0 Å². The minimum Gasteiger partial charge on any atom is -0.456 e. The summed E-state index contributed by atoms with van der Waals surface area (Å²) in [5, 5.41) is 9.15. The van der Waals surface area contributed by atoms with Crippen molar-refractivity contribution in [3.63, 3.8) is 0 Å². The molecule has 2 rings (SSSR count). The minimum absolute atomic E-state index is 0.157. The first-order chi connectivity index (χ1) is 9.00. The van der Waals surface area contributed by atoms with E-state index in [-0.39, 0.29) is 4.32 Å². The van der Waals surface area contributed by atoms with Gasteiger partial charge in [-0.3, -0.25) is 0 Å². The molecular weight excluding hydrogens is 302 g/mol. The van der Waals surface area contributed by atoms with E-state index >= 15 is 0 Å². The number of rotatable bonds is 3. The lowest BCUT2D eigenvalue weighted by Gasteiger charge is -2.18. The average molecular weight is 316 g/mol. The van der Waals surface area contributed by atoms with Crippen LogP contribution in [0.5, 0.6) is 11.5 Å². The highest BCUT2D eigenvalue weighted by molar-refractivity contribution is 9.09. The van der Waals surface area contributed by atoms with Gasteiger partial charge < -0.3 is 4.74 Å². The Kier molecular flexibility index (Phi) is 3.92. The highest BCUT2D eigenvalue weighted by Crippen LogP contribution is 2.34. The fourth-order valence-corrected chi connectivity index (χ4v) is 1.93. The predicted octanol–water partition coefficient (Wildman–Crippen LogP) is 4.98. The van der Waals surface area contributed by atoms with Crippen molar-refractivity contribution in [1.82, 2.24) is 0 Å². The SMILES string of the molecule is CC(C)(Br)c1ccc(C#N)c(Oc2ccccc2)c1. The molecule has 0 radical (unpaired) electrons. The molecule has 0 N–H and O–H groups in total. The van der Waals surface area contributed by atoms with Crippen LogP contribution in [0.1, 0.15) is 25.0 Å².